The first-order valence-electron chi connectivity index (χ1n) is 12.2. The summed E-state index contributed by atoms with van der Waals surface area (Å²) in [4.78, 5) is 13.8. The molecule has 2 heterocycles. The summed E-state index contributed by atoms with van der Waals surface area (Å²) in [5.74, 6) is 1.70. The zero-order valence-corrected chi connectivity index (χ0v) is 20.3. The van der Waals surface area contributed by atoms with Crippen molar-refractivity contribution in [3.05, 3.63) is 65.9 Å². The zero-order valence-electron chi connectivity index (χ0n) is 20.3. The van der Waals surface area contributed by atoms with E-state index >= 15 is 0 Å². The van der Waals surface area contributed by atoms with Gasteiger partial charge in [-0.15, -0.1) is 0 Å². The van der Waals surface area contributed by atoms with E-state index in [4.69, 9.17) is 9.47 Å². The van der Waals surface area contributed by atoms with Crippen LogP contribution in [-0.4, -0.2) is 23.6 Å². The Morgan fingerprint density at radius 2 is 1.73 bits per heavy atom. The van der Waals surface area contributed by atoms with Gasteiger partial charge in [-0.3, -0.25) is 4.79 Å². The summed E-state index contributed by atoms with van der Waals surface area (Å²) in [6.07, 6.45) is 4.25. The number of hydrogen-bond donors (Lipinski definition) is 0. The number of carbonyl (C=O) groups is 1. The van der Waals surface area contributed by atoms with Crippen molar-refractivity contribution >= 4 is 16.7 Å². The van der Waals surface area contributed by atoms with Crippen LogP contribution in [0.4, 0.5) is 0 Å². The van der Waals surface area contributed by atoms with Gasteiger partial charge in [0.1, 0.15) is 12.4 Å². The third-order valence-corrected chi connectivity index (χ3v) is 8.45. The third-order valence-electron chi connectivity index (χ3n) is 8.45. The normalized spacial score (nSPS) is 20.1. The van der Waals surface area contributed by atoms with Gasteiger partial charge in [-0.2, -0.15) is 0 Å². The molecule has 0 amide bonds. The van der Waals surface area contributed by atoms with E-state index in [9.17, 15) is 4.79 Å². The second-order valence-electron chi connectivity index (χ2n) is 10.9. The maximum Gasteiger partial charge on any atom is 0.169 e. The molecule has 1 aromatic heterocycles. The fourth-order valence-corrected chi connectivity index (χ4v) is 5.67. The van der Waals surface area contributed by atoms with Gasteiger partial charge in [0.2, 0.25) is 0 Å². The summed E-state index contributed by atoms with van der Waals surface area (Å²) < 4.78 is 14.0. The number of rotatable bonds is 7. The van der Waals surface area contributed by atoms with Gasteiger partial charge >= 0.3 is 0 Å². The molecule has 2 aromatic carbocycles. The van der Waals surface area contributed by atoms with Crippen LogP contribution in [0.5, 0.6) is 5.75 Å². The fraction of sp³-hybridized carbons (Fsp3) is 0.483. The van der Waals surface area contributed by atoms with E-state index < -0.39 is 0 Å². The van der Waals surface area contributed by atoms with Crippen LogP contribution < -0.4 is 4.74 Å². The molecule has 0 N–H and O–H groups in total. The molecule has 1 saturated heterocycles. The molecule has 0 spiro atoms. The lowest BCUT2D eigenvalue weighted by atomic mass is 10.0. The van der Waals surface area contributed by atoms with E-state index in [2.05, 4.69) is 62.7 Å². The molecule has 1 aliphatic heterocycles. The number of carbonyl (C=O) groups excluding carboxylic acids is 1. The highest BCUT2D eigenvalue weighted by atomic mass is 16.5. The predicted molar refractivity (Wildman–Crippen MR) is 132 cm³/mol. The summed E-state index contributed by atoms with van der Waals surface area (Å²) >= 11 is 0. The standard InChI is InChI=1S/C29H35NO3/c1-28(2)27(29(28,3)4)26(31)24-18-30(17-20-12-14-32-15-13-20)25-11-10-22(16-23(24)25)33-19-21-8-6-5-7-9-21/h5-11,16,18,20,27H,12-15,17,19H2,1-4H3. The van der Waals surface area contributed by atoms with Crippen molar-refractivity contribution in [3.63, 3.8) is 0 Å². The minimum atomic E-state index is 0.0145. The topological polar surface area (TPSA) is 40.5 Å². The lowest BCUT2D eigenvalue weighted by Crippen LogP contribution is -2.20. The van der Waals surface area contributed by atoms with Crippen molar-refractivity contribution in [1.82, 2.24) is 4.57 Å². The highest BCUT2D eigenvalue weighted by molar-refractivity contribution is 6.11. The number of aromatic nitrogens is 1. The molecule has 2 aliphatic rings. The van der Waals surface area contributed by atoms with Gasteiger partial charge in [-0.05, 0) is 53.4 Å². The maximum absolute atomic E-state index is 13.8. The van der Waals surface area contributed by atoms with Crippen molar-refractivity contribution in [2.24, 2.45) is 22.7 Å². The number of ether oxygens (including phenoxy) is 2. The number of ketones is 1. The Morgan fingerprint density at radius 3 is 2.39 bits per heavy atom. The summed E-state index contributed by atoms with van der Waals surface area (Å²) in [5.41, 5.74) is 3.12. The molecule has 0 unspecified atom stereocenters. The Bertz CT molecular complexity index is 1140. The SMILES string of the molecule is CC1(C)C(C(=O)c2cn(CC3CCOCC3)c3ccc(OCc4ccccc4)cc23)C1(C)C. The smallest absolute Gasteiger partial charge is 0.169 e. The summed E-state index contributed by atoms with van der Waals surface area (Å²) in [7, 11) is 0. The van der Waals surface area contributed by atoms with Crippen LogP contribution in [0.25, 0.3) is 10.9 Å². The molecule has 0 atom stereocenters. The monoisotopic (exact) mass is 445 g/mol. The zero-order chi connectivity index (χ0) is 23.2. The first kappa shape index (κ1) is 22.2. The number of nitrogens with zero attached hydrogens (tertiary/aromatic N) is 1. The van der Waals surface area contributed by atoms with E-state index in [1.807, 2.05) is 24.3 Å². The maximum atomic E-state index is 13.8. The van der Waals surface area contributed by atoms with E-state index in [0.717, 1.165) is 60.4 Å². The highest BCUT2D eigenvalue weighted by Gasteiger charge is 2.68. The van der Waals surface area contributed by atoms with Crippen LogP contribution >= 0.6 is 0 Å². The van der Waals surface area contributed by atoms with Gasteiger partial charge in [0.25, 0.3) is 0 Å². The average Bonchev–Trinajstić information content (AvgIpc) is 3.05. The third kappa shape index (κ3) is 3.99. The van der Waals surface area contributed by atoms with Crippen molar-refractivity contribution in [1.29, 1.82) is 0 Å². The van der Waals surface area contributed by atoms with Crippen LogP contribution in [0.2, 0.25) is 0 Å². The molecule has 0 radical (unpaired) electrons. The molecule has 4 nitrogen and oxygen atoms in total. The summed E-state index contributed by atoms with van der Waals surface area (Å²) in [6, 6.07) is 16.4. The van der Waals surface area contributed by atoms with Crippen molar-refractivity contribution in [3.8, 4) is 5.75 Å². The van der Waals surface area contributed by atoms with Crippen LogP contribution in [0.15, 0.2) is 54.7 Å². The van der Waals surface area contributed by atoms with E-state index in [0.29, 0.717) is 12.5 Å². The highest BCUT2D eigenvalue weighted by Crippen LogP contribution is 2.69. The molecule has 3 aromatic rings. The Labute approximate surface area is 196 Å². The second kappa shape index (κ2) is 8.32. The first-order valence-corrected chi connectivity index (χ1v) is 12.2. The fourth-order valence-electron chi connectivity index (χ4n) is 5.67. The molecule has 2 fully saturated rings. The van der Waals surface area contributed by atoms with Gasteiger partial charge in [0, 0.05) is 48.3 Å². The van der Waals surface area contributed by atoms with E-state index in [-0.39, 0.29) is 22.5 Å². The molecular formula is C29H35NO3. The molecule has 1 saturated carbocycles. The van der Waals surface area contributed by atoms with Crippen LogP contribution in [0.3, 0.4) is 0 Å². The lowest BCUT2D eigenvalue weighted by Gasteiger charge is -2.22. The van der Waals surface area contributed by atoms with Crippen molar-refractivity contribution in [2.75, 3.05) is 13.2 Å². The van der Waals surface area contributed by atoms with Crippen LogP contribution in [0.1, 0.15) is 56.5 Å². The summed E-state index contributed by atoms with van der Waals surface area (Å²) in [5, 5.41) is 1.01. The lowest BCUT2D eigenvalue weighted by molar-refractivity contribution is 0.0616. The number of Topliss-reactive ketones (excluding diaryl/α,β-unsaturated/α-hetero) is 1. The average molecular weight is 446 g/mol. The van der Waals surface area contributed by atoms with E-state index in [1.54, 1.807) is 0 Å². The minimum absolute atomic E-state index is 0.0145. The number of benzene rings is 2. The quantitative estimate of drug-likeness (QED) is 0.389. The molecular weight excluding hydrogens is 410 g/mol. The minimum Gasteiger partial charge on any atom is -0.489 e. The Morgan fingerprint density at radius 1 is 1.03 bits per heavy atom. The van der Waals surface area contributed by atoms with Crippen LogP contribution in [-0.2, 0) is 17.9 Å². The largest absolute Gasteiger partial charge is 0.489 e. The Hall–Kier alpha value is -2.59. The van der Waals surface area contributed by atoms with Gasteiger partial charge < -0.3 is 14.0 Å². The van der Waals surface area contributed by atoms with Crippen molar-refractivity contribution in [2.45, 2.75) is 53.7 Å². The van der Waals surface area contributed by atoms with Gasteiger partial charge in [-0.25, -0.2) is 0 Å². The van der Waals surface area contributed by atoms with E-state index in [1.165, 1.54) is 0 Å². The Kier molecular flexibility index (Phi) is 5.60. The van der Waals surface area contributed by atoms with Gasteiger partial charge in [0.05, 0.1) is 0 Å². The summed E-state index contributed by atoms with van der Waals surface area (Å²) in [6.45, 7) is 12.0. The first-order chi connectivity index (χ1) is 15.8. The predicted octanol–water partition coefficient (Wildman–Crippen LogP) is 6.51. The second-order valence-corrected chi connectivity index (χ2v) is 10.9. The molecule has 33 heavy (non-hydrogen) atoms. The molecule has 1 aliphatic carbocycles. The number of hydrogen-bond acceptors (Lipinski definition) is 3. The Balaban J connectivity index is 1.48. The van der Waals surface area contributed by atoms with Crippen molar-refractivity contribution < 1.29 is 14.3 Å². The van der Waals surface area contributed by atoms with Gasteiger partial charge in [0.15, 0.2) is 5.78 Å². The number of fused-ring (bicyclic) bond motifs is 1. The molecule has 4 heteroatoms. The van der Waals surface area contributed by atoms with Crippen LogP contribution in [0, 0.1) is 22.7 Å². The molecule has 174 valence electrons. The molecule has 5 rings (SSSR count). The van der Waals surface area contributed by atoms with Gasteiger partial charge in [-0.1, -0.05) is 58.0 Å². The molecule has 0 bridgehead atoms.